The lowest BCUT2D eigenvalue weighted by Crippen LogP contribution is -2.42. The molecule has 1 heterocycles. The fourth-order valence-electron chi connectivity index (χ4n) is 3.99. The highest BCUT2D eigenvalue weighted by molar-refractivity contribution is 6.04. The molecule has 0 saturated carbocycles. The van der Waals surface area contributed by atoms with Gasteiger partial charge in [0.25, 0.3) is 0 Å². The molecule has 3 rings (SSSR count). The zero-order valence-electron chi connectivity index (χ0n) is 21.1. The number of esters is 1. The van der Waals surface area contributed by atoms with Crippen LogP contribution < -0.4 is 4.90 Å². The van der Waals surface area contributed by atoms with Crippen LogP contribution in [0.4, 0.5) is 32.0 Å². The number of carbonyl (C=O) groups excluding carboxylic acids is 2. The van der Waals surface area contributed by atoms with Gasteiger partial charge in [-0.1, -0.05) is 24.3 Å². The molecule has 0 bridgehead atoms. The molecule has 38 heavy (non-hydrogen) atoms. The second-order valence-electron chi connectivity index (χ2n) is 9.18. The SMILES string of the molecule is COC(=O)c1cc(-c2ccccc2C)c(N(C)C(=O)C(C)(C)c2cc(C(F)(F)F)cc(C(F)(F)F)c2)cn1. The van der Waals surface area contributed by atoms with Crippen molar-refractivity contribution in [3.8, 4) is 11.1 Å². The van der Waals surface area contributed by atoms with Gasteiger partial charge in [0.2, 0.25) is 5.91 Å². The minimum Gasteiger partial charge on any atom is -0.464 e. The molecular formula is C27H24F6N2O3. The van der Waals surface area contributed by atoms with Crippen LogP contribution in [0.3, 0.4) is 0 Å². The van der Waals surface area contributed by atoms with E-state index >= 15 is 0 Å². The van der Waals surface area contributed by atoms with E-state index in [4.69, 9.17) is 4.74 Å². The van der Waals surface area contributed by atoms with Crippen molar-refractivity contribution in [2.45, 2.75) is 38.5 Å². The van der Waals surface area contributed by atoms with Crippen LogP contribution in [0.1, 0.15) is 46.6 Å². The van der Waals surface area contributed by atoms with Crippen molar-refractivity contribution in [1.82, 2.24) is 4.98 Å². The lowest BCUT2D eigenvalue weighted by atomic mass is 9.81. The molecule has 202 valence electrons. The van der Waals surface area contributed by atoms with Gasteiger partial charge in [-0.05, 0) is 61.7 Å². The number of aromatic nitrogens is 1. The van der Waals surface area contributed by atoms with E-state index in [1.165, 1.54) is 40.3 Å². The monoisotopic (exact) mass is 538 g/mol. The van der Waals surface area contributed by atoms with Crippen molar-refractivity contribution in [1.29, 1.82) is 0 Å². The number of amides is 1. The summed E-state index contributed by atoms with van der Waals surface area (Å²) in [5.41, 5.74) is -3.38. The lowest BCUT2D eigenvalue weighted by molar-refractivity contribution is -0.143. The zero-order chi connectivity index (χ0) is 28.6. The molecule has 0 aliphatic carbocycles. The highest BCUT2D eigenvalue weighted by Gasteiger charge is 2.41. The molecule has 11 heteroatoms. The number of anilines is 1. The van der Waals surface area contributed by atoms with E-state index in [0.717, 1.165) is 10.5 Å². The van der Waals surface area contributed by atoms with Crippen molar-refractivity contribution in [3.63, 3.8) is 0 Å². The Labute approximate surface area is 215 Å². The number of halogens is 6. The molecule has 0 radical (unpaired) electrons. The van der Waals surface area contributed by atoms with Crippen LogP contribution in [-0.2, 0) is 27.3 Å². The summed E-state index contributed by atoms with van der Waals surface area (Å²) in [4.78, 5) is 30.9. The van der Waals surface area contributed by atoms with Crippen molar-refractivity contribution in [3.05, 3.63) is 82.7 Å². The van der Waals surface area contributed by atoms with E-state index < -0.39 is 46.3 Å². The number of aryl methyl sites for hydroxylation is 1. The van der Waals surface area contributed by atoms with E-state index in [-0.39, 0.29) is 17.4 Å². The Balaban J connectivity index is 2.17. The number of hydrogen-bond acceptors (Lipinski definition) is 4. The first-order chi connectivity index (χ1) is 17.5. The molecule has 0 spiro atoms. The normalized spacial score (nSPS) is 12.3. The first-order valence-electron chi connectivity index (χ1n) is 11.2. The molecule has 5 nitrogen and oxygen atoms in total. The number of ether oxygens (including phenoxy) is 1. The van der Waals surface area contributed by atoms with Crippen LogP contribution in [0.15, 0.2) is 54.7 Å². The topological polar surface area (TPSA) is 59.5 Å². The van der Waals surface area contributed by atoms with Crippen LogP contribution >= 0.6 is 0 Å². The third-order valence-corrected chi connectivity index (χ3v) is 6.22. The Morgan fingerprint density at radius 2 is 1.37 bits per heavy atom. The van der Waals surface area contributed by atoms with Gasteiger partial charge in [-0.3, -0.25) is 4.79 Å². The van der Waals surface area contributed by atoms with Crippen molar-refractivity contribution in [2.75, 3.05) is 19.1 Å². The fraction of sp³-hybridized carbons (Fsp3) is 0.296. The maximum Gasteiger partial charge on any atom is 0.416 e. The van der Waals surface area contributed by atoms with E-state index in [9.17, 15) is 35.9 Å². The molecule has 0 unspecified atom stereocenters. The Morgan fingerprint density at radius 3 is 1.87 bits per heavy atom. The number of methoxy groups -OCH3 is 1. The maximum atomic E-state index is 13.7. The van der Waals surface area contributed by atoms with Crippen molar-refractivity contribution in [2.24, 2.45) is 0 Å². The Bertz CT molecular complexity index is 1350. The van der Waals surface area contributed by atoms with E-state index in [0.29, 0.717) is 23.3 Å². The standard InChI is InChI=1S/C27H24F6N2O3/c1-15-8-6-7-9-19(15)20-13-21(23(36)38-5)34-14-22(20)35(4)24(37)25(2,3)16-10-17(26(28,29)30)12-18(11-16)27(31,32)33/h6-14H,1-5H3. The van der Waals surface area contributed by atoms with E-state index in [1.54, 1.807) is 31.2 Å². The second-order valence-corrected chi connectivity index (χ2v) is 9.18. The van der Waals surface area contributed by atoms with Crippen LogP contribution in [-0.4, -0.2) is 31.0 Å². The van der Waals surface area contributed by atoms with Gasteiger partial charge < -0.3 is 9.64 Å². The molecular weight excluding hydrogens is 514 g/mol. The van der Waals surface area contributed by atoms with Gasteiger partial charge in [-0.25, -0.2) is 9.78 Å². The average molecular weight is 538 g/mol. The molecule has 0 atom stereocenters. The summed E-state index contributed by atoms with van der Waals surface area (Å²) in [7, 11) is 2.51. The van der Waals surface area contributed by atoms with Crippen molar-refractivity contribution >= 4 is 17.6 Å². The Morgan fingerprint density at radius 1 is 0.842 bits per heavy atom. The van der Waals surface area contributed by atoms with Crippen LogP contribution in [0.25, 0.3) is 11.1 Å². The third-order valence-electron chi connectivity index (χ3n) is 6.22. The van der Waals surface area contributed by atoms with Crippen molar-refractivity contribution < 1.29 is 40.7 Å². The summed E-state index contributed by atoms with van der Waals surface area (Å²) in [5, 5.41) is 0. The van der Waals surface area contributed by atoms with E-state index in [2.05, 4.69) is 4.98 Å². The fourth-order valence-corrected chi connectivity index (χ4v) is 3.99. The molecule has 0 N–H and O–H groups in total. The summed E-state index contributed by atoms with van der Waals surface area (Å²) in [6.07, 6.45) is -8.89. The Hall–Kier alpha value is -3.89. The van der Waals surface area contributed by atoms with Gasteiger partial charge in [0.1, 0.15) is 5.69 Å². The largest absolute Gasteiger partial charge is 0.464 e. The average Bonchev–Trinajstić information content (AvgIpc) is 2.86. The number of nitrogens with zero attached hydrogens (tertiary/aromatic N) is 2. The molecule has 1 amide bonds. The molecule has 0 aliphatic heterocycles. The predicted molar refractivity (Wildman–Crippen MR) is 129 cm³/mol. The zero-order valence-corrected chi connectivity index (χ0v) is 21.1. The van der Waals surface area contributed by atoms with Gasteiger partial charge in [-0.15, -0.1) is 0 Å². The summed E-state index contributed by atoms with van der Waals surface area (Å²) in [5.74, 6) is -1.53. The first kappa shape index (κ1) is 28.7. The first-order valence-corrected chi connectivity index (χ1v) is 11.2. The highest BCUT2D eigenvalue weighted by Crippen LogP contribution is 2.40. The number of rotatable bonds is 5. The van der Waals surface area contributed by atoms with Gasteiger partial charge >= 0.3 is 18.3 Å². The number of alkyl halides is 6. The quantitative estimate of drug-likeness (QED) is 0.264. The minimum atomic E-state index is -5.06. The summed E-state index contributed by atoms with van der Waals surface area (Å²) in [6.45, 7) is 4.28. The summed E-state index contributed by atoms with van der Waals surface area (Å²) < 4.78 is 85.4. The van der Waals surface area contributed by atoms with Crippen LogP contribution in [0, 0.1) is 6.92 Å². The highest BCUT2D eigenvalue weighted by atomic mass is 19.4. The van der Waals surface area contributed by atoms with Gasteiger partial charge in [0.15, 0.2) is 0 Å². The third kappa shape index (κ3) is 5.66. The number of carbonyl (C=O) groups is 2. The maximum absolute atomic E-state index is 13.7. The number of benzene rings is 2. The molecule has 1 aromatic heterocycles. The molecule has 3 aromatic rings. The molecule has 0 aliphatic rings. The Kier molecular flexibility index (Phi) is 7.63. The van der Waals surface area contributed by atoms with Crippen LogP contribution in [0.5, 0.6) is 0 Å². The molecule has 2 aromatic carbocycles. The second kappa shape index (κ2) is 10.1. The number of pyridine rings is 1. The lowest BCUT2D eigenvalue weighted by Gasteiger charge is -2.32. The van der Waals surface area contributed by atoms with Gasteiger partial charge in [0.05, 0.1) is 35.5 Å². The van der Waals surface area contributed by atoms with Gasteiger partial charge in [0, 0.05) is 12.6 Å². The summed E-state index contributed by atoms with van der Waals surface area (Å²) >= 11 is 0. The van der Waals surface area contributed by atoms with Gasteiger partial charge in [-0.2, -0.15) is 26.3 Å². The smallest absolute Gasteiger partial charge is 0.416 e. The van der Waals surface area contributed by atoms with Crippen LogP contribution in [0.2, 0.25) is 0 Å². The number of likely N-dealkylation sites (N-methyl/N-ethyl adjacent to an activating group) is 1. The predicted octanol–water partition coefficient (Wildman–Crippen LogP) is 6.82. The number of hydrogen-bond donors (Lipinski definition) is 0. The summed E-state index contributed by atoms with van der Waals surface area (Å²) in [6, 6.07) is 9.56. The molecule has 0 saturated heterocycles. The van der Waals surface area contributed by atoms with E-state index in [1.807, 2.05) is 0 Å². The molecule has 0 fully saturated rings. The minimum absolute atomic E-state index is 0.0134.